The number of amides is 1. The molecule has 8 heteroatoms. The van der Waals surface area contributed by atoms with E-state index in [1.54, 1.807) is 37.4 Å². The SMILES string of the molecule is COc1ccccc1C(C)NC(=O)COC(=O)c1nn(CC(C)C)c(=O)c2ccccc12. The number of nitrogens with one attached hydrogen (secondary N) is 1. The highest BCUT2D eigenvalue weighted by Gasteiger charge is 2.20. The number of para-hydroxylation sites is 1. The fourth-order valence-corrected chi connectivity index (χ4v) is 3.44. The number of benzene rings is 2. The summed E-state index contributed by atoms with van der Waals surface area (Å²) in [6, 6.07) is 13.7. The zero-order valence-corrected chi connectivity index (χ0v) is 18.6. The number of ether oxygens (including phenoxy) is 2. The summed E-state index contributed by atoms with van der Waals surface area (Å²) in [7, 11) is 1.56. The van der Waals surface area contributed by atoms with Gasteiger partial charge in [0.2, 0.25) is 0 Å². The third-order valence-electron chi connectivity index (χ3n) is 4.92. The summed E-state index contributed by atoms with van der Waals surface area (Å²) < 4.78 is 11.8. The fourth-order valence-electron chi connectivity index (χ4n) is 3.44. The van der Waals surface area contributed by atoms with E-state index in [2.05, 4.69) is 10.4 Å². The summed E-state index contributed by atoms with van der Waals surface area (Å²) in [5.41, 5.74) is 0.545. The van der Waals surface area contributed by atoms with Crippen molar-refractivity contribution >= 4 is 22.6 Å². The van der Waals surface area contributed by atoms with Crippen LogP contribution in [0.25, 0.3) is 10.8 Å². The lowest BCUT2D eigenvalue weighted by molar-refractivity contribution is -0.124. The van der Waals surface area contributed by atoms with Gasteiger partial charge in [-0.15, -0.1) is 0 Å². The van der Waals surface area contributed by atoms with E-state index < -0.39 is 18.5 Å². The largest absolute Gasteiger partial charge is 0.496 e. The molecule has 1 heterocycles. The predicted octanol–water partition coefficient (Wildman–Crippen LogP) is 3.10. The summed E-state index contributed by atoms with van der Waals surface area (Å²) in [6.45, 7) is 5.61. The number of carbonyl (C=O) groups is 2. The molecule has 2 aromatic carbocycles. The van der Waals surface area contributed by atoms with Crippen LogP contribution in [0.4, 0.5) is 0 Å². The molecule has 0 spiro atoms. The molecule has 0 saturated heterocycles. The molecule has 1 atom stereocenters. The molecular weight excluding hydrogens is 410 g/mol. The number of hydrogen-bond acceptors (Lipinski definition) is 6. The van der Waals surface area contributed by atoms with Crippen LogP contribution in [0.5, 0.6) is 5.75 Å². The highest BCUT2D eigenvalue weighted by atomic mass is 16.5. The summed E-state index contributed by atoms with van der Waals surface area (Å²) in [5, 5.41) is 7.79. The normalized spacial score (nSPS) is 11.9. The third kappa shape index (κ3) is 5.14. The van der Waals surface area contributed by atoms with Crippen LogP contribution in [0, 0.1) is 5.92 Å². The van der Waals surface area contributed by atoms with E-state index in [1.165, 1.54) is 4.68 Å². The van der Waals surface area contributed by atoms with Gasteiger partial charge in [-0.05, 0) is 25.0 Å². The standard InChI is InChI=1S/C24H27N3O5/c1-15(2)13-27-23(29)19-11-6-5-10-18(19)22(26-27)24(30)32-14-21(28)25-16(3)17-9-7-8-12-20(17)31-4/h5-12,15-16H,13-14H2,1-4H3,(H,25,28). The summed E-state index contributed by atoms with van der Waals surface area (Å²) in [4.78, 5) is 37.8. The molecule has 0 fully saturated rings. The van der Waals surface area contributed by atoms with Gasteiger partial charge >= 0.3 is 5.97 Å². The van der Waals surface area contributed by atoms with Crippen LogP contribution in [-0.2, 0) is 16.1 Å². The van der Waals surface area contributed by atoms with Gasteiger partial charge < -0.3 is 14.8 Å². The van der Waals surface area contributed by atoms with Gasteiger partial charge in [-0.1, -0.05) is 50.2 Å². The second kappa shape index (κ2) is 10.1. The number of hydrogen-bond donors (Lipinski definition) is 1. The summed E-state index contributed by atoms with van der Waals surface area (Å²) in [5.74, 6) is -0.414. The maximum atomic E-state index is 12.8. The van der Waals surface area contributed by atoms with E-state index in [9.17, 15) is 14.4 Å². The smallest absolute Gasteiger partial charge is 0.359 e. The maximum absolute atomic E-state index is 12.8. The first-order chi connectivity index (χ1) is 15.3. The van der Waals surface area contributed by atoms with E-state index in [1.807, 2.05) is 39.0 Å². The van der Waals surface area contributed by atoms with Crippen molar-refractivity contribution in [2.24, 2.45) is 5.92 Å². The highest BCUT2D eigenvalue weighted by molar-refractivity contribution is 6.02. The molecule has 0 radical (unpaired) electrons. The molecule has 1 unspecified atom stereocenters. The lowest BCUT2D eigenvalue weighted by Crippen LogP contribution is -2.32. The molecule has 3 aromatic rings. The average molecular weight is 437 g/mol. The number of nitrogens with zero attached hydrogens (tertiary/aromatic N) is 2. The van der Waals surface area contributed by atoms with E-state index >= 15 is 0 Å². The Kier molecular flexibility index (Phi) is 7.25. The Morgan fingerprint density at radius 3 is 2.38 bits per heavy atom. The topological polar surface area (TPSA) is 99.5 Å². The van der Waals surface area contributed by atoms with Crippen LogP contribution in [0.3, 0.4) is 0 Å². The van der Waals surface area contributed by atoms with E-state index in [-0.39, 0.29) is 23.2 Å². The molecule has 0 bridgehead atoms. The molecule has 0 aliphatic carbocycles. The Balaban J connectivity index is 1.75. The minimum atomic E-state index is -0.765. The fraction of sp³-hybridized carbons (Fsp3) is 0.333. The van der Waals surface area contributed by atoms with Gasteiger partial charge in [0.05, 0.1) is 18.5 Å². The molecular formula is C24H27N3O5. The Hall–Kier alpha value is -3.68. The van der Waals surface area contributed by atoms with Crippen molar-refractivity contribution in [3.63, 3.8) is 0 Å². The predicted molar refractivity (Wildman–Crippen MR) is 121 cm³/mol. The molecule has 0 aliphatic heterocycles. The van der Waals surface area contributed by atoms with Gasteiger partial charge in [0, 0.05) is 17.5 Å². The van der Waals surface area contributed by atoms with Gasteiger partial charge in [0.1, 0.15) is 5.75 Å². The molecule has 0 saturated carbocycles. The molecule has 0 aliphatic rings. The average Bonchev–Trinajstić information content (AvgIpc) is 2.79. The quantitative estimate of drug-likeness (QED) is 0.544. The second-order valence-electron chi connectivity index (χ2n) is 7.88. The molecule has 1 aromatic heterocycles. The molecule has 1 amide bonds. The number of methoxy groups -OCH3 is 1. The molecule has 32 heavy (non-hydrogen) atoms. The minimum Gasteiger partial charge on any atom is -0.496 e. The Bertz CT molecular complexity index is 1190. The van der Waals surface area contributed by atoms with Gasteiger partial charge in [-0.3, -0.25) is 9.59 Å². The molecule has 168 valence electrons. The van der Waals surface area contributed by atoms with Crippen LogP contribution in [0.15, 0.2) is 53.3 Å². The first kappa shape index (κ1) is 23.0. The van der Waals surface area contributed by atoms with Gasteiger partial charge in [-0.2, -0.15) is 5.10 Å². The van der Waals surface area contributed by atoms with Crippen molar-refractivity contribution in [3.05, 3.63) is 70.1 Å². The number of rotatable bonds is 8. The highest BCUT2D eigenvalue weighted by Crippen LogP contribution is 2.24. The van der Waals surface area contributed by atoms with Crippen molar-refractivity contribution in [2.75, 3.05) is 13.7 Å². The second-order valence-corrected chi connectivity index (χ2v) is 7.88. The van der Waals surface area contributed by atoms with Crippen LogP contribution in [0.2, 0.25) is 0 Å². The zero-order chi connectivity index (χ0) is 23.3. The van der Waals surface area contributed by atoms with Crippen molar-refractivity contribution in [1.82, 2.24) is 15.1 Å². The van der Waals surface area contributed by atoms with Crippen molar-refractivity contribution < 1.29 is 19.1 Å². The van der Waals surface area contributed by atoms with Crippen LogP contribution in [-0.4, -0.2) is 35.4 Å². The van der Waals surface area contributed by atoms with E-state index in [0.29, 0.717) is 23.1 Å². The summed E-state index contributed by atoms with van der Waals surface area (Å²) in [6.07, 6.45) is 0. The summed E-state index contributed by atoms with van der Waals surface area (Å²) >= 11 is 0. The number of carbonyl (C=O) groups excluding carboxylic acids is 2. The van der Waals surface area contributed by atoms with Crippen LogP contribution < -0.4 is 15.6 Å². The van der Waals surface area contributed by atoms with Gasteiger partial charge in [0.15, 0.2) is 12.3 Å². The number of esters is 1. The monoisotopic (exact) mass is 437 g/mol. The van der Waals surface area contributed by atoms with E-state index in [4.69, 9.17) is 9.47 Å². The van der Waals surface area contributed by atoms with E-state index in [0.717, 1.165) is 5.56 Å². The van der Waals surface area contributed by atoms with Gasteiger partial charge in [0.25, 0.3) is 11.5 Å². The van der Waals surface area contributed by atoms with Crippen molar-refractivity contribution in [3.8, 4) is 5.75 Å². The number of fused-ring (bicyclic) bond motifs is 1. The first-order valence-electron chi connectivity index (χ1n) is 10.4. The Morgan fingerprint density at radius 2 is 1.69 bits per heavy atom. The number of aromatic nitrogens is 2. The maximum Gasteiger partial charge on any atom is 0.359 e. The molecule has 3 rings (SSSR count). The Morgan fingerprint density at radius 1 is 1.03 bits per heavy atom. The van der Waals surface area contributed by atoms with Crippen molar-refractivity contribution in [2.45, 2.75) is 33.4 Å². The first-order valence-corrected chi connectivity index (χ1v) is 10.4. The van der Waals surface area contributed by atoms with Gasteiger partial charge in [-0.25, -0.2) is 9.48 Å². The Labute approximate surface area is 186 Å². The molecule has 8 nitrogen and oxygen atoms in total. The minimum absolute atomic E-state index is 0.00595. The third-order valence-corrected chi connectivity index (χ3v) is 4.92. The van der Waals surface area contributed by atoms with Crippen LogP contribution in [0.1, 0.15) is 42.9 Å². The zero-order valence-electron chi connectivity index (χ0n) is 18.6. The van der Waals surface area contributed by atoms with Crippen LogP contribution >= 0.6 is 0 Å². The van der Waals surface area contributed by atoms with Crippen molar-refractivity contribution in [1.29, 1.82) is 0 Å². The lowest BCUT2D eigenvalue weighted by Gasteiger charge is -2.17. The lowest BCUT2D eigenvalue weighted by atomic mass is 10.1. The molecule has 1 N–H and O–H groups in total.